The highest BCUT2D eigenvalue weighted by molar-refractivity contribution is 7.89. The number of aliphatic hydroxyl groups is 1. The lowest BCUT2D eigenvalue weighted by Gasteiger charge is -2.23. The maximum atomic E-state index is 12.3. The summed E-state index contributed by atoms with van der Waals surface area (Å²) in [6.45, 7) is 7.01. The van der Waals surface area contributed by atoms with Crippen molar-refractivity contribution in [1.82, 2.24) is 4.72 Å². The number of sulfonamides is 1. The monoisotopic (exact) mass is 300 g/mol. The Morgan fingerprint density at radius 1 is 1.35 bits per heavy atom. The molecule has 5 nitrogen and oxygen atoms in total. The van der Waals surface area contributed by atoms with E-state index in [1.54, 1.807) is 32.9 Å². The summed E-state index contributed by atoms with van der Waals surface area (Å²) in [6.07, 6.45) is 1.32. The zero-order valence-electron chi connectivity index (χ0n) is 12.5. The fourth-order valence-electron chi connectivity index (χ4n) is 2.09. The van der Waals surface area contributed by atoms with Crippen LogP contribution in [0.1, 0.15) is 37.8 Å². The van der Waals surface area contributed by atoms with Gasteiger partial charge in [0.1, 0.15) is 0 Å². The molecule has 0 aromatic heterocycles. The number of nitrogens with one attached hydrogen (secondary N) is 1. The maximum Gasteiger partial charge on any atom is 0.241 e. The molecule has 1 aromatic rings. The number of rotatable bonds is 6. The Kier molecular flexibility index (Phi) is 5.18. The average Bonchev–Trinajstić information content (AvgIpc) is 2.31. The molecule has 0 fully saturated rings. The SMILES string of the molecule is CCCC(C)(O)CNS(=O)(=O)c1cc(C)cc(N)c1C. The topological polar surface area (TPSA) is 92.4 Å². The van der Waals surface area contributed by atoms with Crippen molar-refractivity contribution in [2.24, 2.45) is 0 Å². The minimum absolute atomic E-state index is 0.0174. The molecular weight excluding hydrogens is 276 g/mol. The zero-order chi connectivity index (χ0) is 15.6. The third-order valence-corrected chi connectivity index (χ3v) is 4.79. The molecule has 0 saturated heterocycles. The first kappa shape index (κ1) is 16.9. The Bertz CT molecular complexity index is 580. The molecule has 0 spiro atoms. The van der Waals surface area contributed by atoms with E-state index < -0.39 is 15.6 Å². The van der Waals surface area contributed by atoms with Crippen LogP contribution in [0.25, 0.3) is 0 Å². The van der Waals surface area contributed by atoms with Crippen molar-refractivity contribution in [1.29, 1.82) is 0 Å². The number of hydrogen-bond acceptors (Lipinski definition) is 4. The number of nitrogen functional groups attached to an aromatic ring is 1. The van der Waals surface area contributed by atoms with Crippen molar-refractivity contribution in [2.75, 3.05) is 12.3 Å². The van der Waals surface area contributed by atoms with Gasteiger partial charge in [0.25, 0.3) is 0 Å². The minimum Gasteiger partial charge on any atom is -0.398 e. The first-order valence-electron chi connectivity index (χ1n) is 6.68. The van der Waals surface area contributed by atoms with Crippen molar-refractivity contribution in [3.63, 3.8) is 0 Å². The Morgan fingerprint density at radius 3 is 2.50 bits per heavy atom. The van der Waals surface area contributed by atoms with E-state index in [0.717, 1.165) is 12.0 Å². The van der Waals surface area contributed by atoms with Gasteiger partial charge in [-0.05, 0) is 50.5 Å². The summed E-state index contributed by atoms with van der Waals surface area (Å²) < 4.78 is 27.1. The Balaban J connectivity index is 3.01. The molecular formula is C14H24N2O3S. The number of hydrogen-bond donors (Lipinski definition) is 3. The average molecular weight is 300 g/mol. The van der Waals surface area contributed by atoms with Crippen molar-refractivity contribution in [2.45, 2.75) is 51.0 Å². The number of benzene rings is 1. The molecule has 0 amide bonds. The molecule has 0 aliphatic heterocycles. The van der Waals surface area contributed by atoms with Gasteiger partial charge in [-0.1, -0.05) is 13.3 Å². The molecule has 0 aliphatic carbocycles. The minimum atomic E-state index is -3.68. The van der Waals surface area contributed by atoms with Gasteiger partial charge in [-0.3, -0.25) is 0 Å². The van der Waals surface area contributed by atoms with Crippen LogP contribution in [0.2, 0.25) is 0 Å². The number of anilines is 1. The molecule has 0 saturated carbocycles. The summed E-state index contributed by atoms with van der Waals surface area (Å²) in [7, 11) is -3.68. The fraction of sp³-hybridized carbons (Fsp3) is 0.571. The highest BCUT2D eigenvalue weighted by Crippen LogP contribution is 2.23. The van der Waals surface area contributed by atoms with Crippen molar-refractivity contribution < 1.29 is 13.5 Å². The van der Waals surface area contributed by atoms with Gasteiger partial charge in [0.15, 0.2) is 0 Å². The predicted molar refractivity (Wildman–Crippen MR) is 81.0 cm³/mol. The fourth-order valence-corrected chi connectivity index (χ4v) is 3.61. The van der Waals surface area contributed by atoms with Crippen molar-refractivity contribution in [3.05, 3.63) is 23.3 Å². The van der Waals surface area contributed by atoms with E-state index in [0.29, 0.717) is 17.7 Å². The molecule has 1 rings (SSSR count). The predicted octanol–water partition coefficient (Wildman–Crippen LogP) is 1.72. The van der Waals surface area contributed by atoms with Crippen molar-refractivity contribution >= 4 is 15.7 Å². The van der Waals surface area contributed by atoms with Crippen LogP contribution >= 0.6 is 0 Å². The Morgan fingerprint density at radius 2 is 1.95 bits per heavy atom. The maximum absolute atomic E-state index is 12.3. The van der Waals surface area contributed by atoms with E-state index in [2.05, 4.69) is 4.72 Å². The standard InChI is InChI=1S/C14H24N2O3S/c1-5-6-14(4,17)9-16-20(18,19)13-8-10(2)7-12(15)11(13)3/h7-8,16-17H,5-6,9,15H2,1-4H3. The smallest absolute Gasteiger partial charge is 0.241 e. The second-order valence-electron chi connectivity index (χ2n) is 5.55. The van der Waals surface area contributed by atoms with Gasteiger partial charge in [-0.25, -0.2) is 13.1 Å². The second kappa shape index (κ2) is 6.11. The van der Waals surface area contributed by atoms with Gasteiger partial charge in [-0.2, -0.15) is 0 Å². The van der Waals surface area contributed by atoms with Crippen molar-refractivity contribution in [3.8, 4) is 0 Å². The van der Waals surface area contributed by atoms with Gasteiger partial charge in [-0.15, -0.1) is 0 Å². The van der Waals surface area contributed by atoms with E-state index in [9.17, 15) is 13.5 Å². The summed E-state index contributed by atoms with van der Waals surface area (Å²) in [4.78, 5) is 0.169. The molecule has 20 heavy (non-hydrogen) atoms. The molecule has 0 bridgehead atoms. The van der Waals surface area contributed by atoms with E-state index in [-0.39, 0.29) is 11.4 Å². The van der Waals surface area contributed by atoms with E-state index in [4.69, 9.17) is 5.73 Å². The molecule has 1 atom stereocenters. The number of aryl methyl sites for hydroxylation is 1. The molecule has 0 heterocycles. The molecule has 6 heteroatoms. The first-order valence-corrected chi connectivity index (χ1v) is 8.16. The Labute approximate surface area is 121 Å². The quantitative estimate of drug-likeness (QED) is 0.697. The normalized spacial score (nSPS) is 15.1. The zero-order valence-corrected chi connectivity index (χ0v) is 13.3. The summed E-state index contributed by atoms with van der Waals surface area (Å²) >= 11 is 0. The van der Waals surface area contributed by atoms with Crippen LogP contribution in [0.5, 0.6) is 0 Å². The van der Waals surface area contributed by atoms with Crippen LogP contribution in [-0.4, -0.2) is 25.7 Å². The van der Waals surface area contributed by atoms with E-state index in [1.165, 1.54) is 0 Å². The lowest BCUT2D eigenvalue weighted by molar-refractivity contribution is 0.0554. The molecule has 0 radical (unpaired) electrons. The summed E-state index contributed by atoms with van der Waals surface area (Å²) in [6, 6.07) is 3.32. The molecule has 4 N–H and O–H groups in total. The first-order chi connectivity index (χ1) is 9.09. The lowest BCUT2D eigenvalue weighted by Crippen LogP contribution is -2.40. The van der Waals surface area contributed by atoms with Gasteiger partial charge < -0.3 is 10.8 Å². The highest BCUT2D eigenvalue weighted by atomic mass is 32.2. The number of nitrogens with two attached hydrogens (primary N) is 1. The molecule has 1 unspecified atom stereocenters. The van der Waals surface area contributed by atoms with E-state index >= 15 is 0 Å². The van der Waals surface area contributed by atoms with Gasteiger partial charge in [0, 0.05) is 12.2 Å². The Hall–Kier alpha value is -1.11. The second-order valence-corrected chi connectivity index (χ2v) is 7.28. The van der Waals surface area contributed by atoms with Crippen LogP contribution in [-0.2, 0) is 10.0 Å². The van der Waals surface area contributed by atoms with Crippen LogP contribution in [0, 0.1) is 13.8 Å². The largest absolute Gasteiger partial charge is 0.398 e. The highest BCUT2D eigenvalue weighted by Gasteiger charge is 2.24. The van der Waals surface area contributed by atoms with Gasteiger partial charge >= 0.3 is 0 Å². The van der Waals surface area contributed by atoms with Crippen LogP contribution < -0.4 is 10.5 Å². The van der Waals surface area contributed by atoms with Gasteiger partial charge in [0.2, 0.25) is 10.0 Å². The summed E-state index contributed by atoms with van der Waals surface area (Å²) in [5, 5.41) is 10.1. The third-order valence-electron chi connectivity index (χ3n) is 3.27. The third kappa shape index (κ3) is 4.19. The summed E-state index contributed by atoms with van der Waals surface area (Å²) in [5.74, 6) is 0. The van der Waals surface area contributed by atoms with Gasteiger partial charge in [0.05, 0.1) is 10.5 Å². The lowest BCUT2D eigenvalue weighted by atomic mass is 10.0. The molecule has 1 aromatic carbocycles. The molecule has 0 aliphatic rings. The van der Waals surface area contributed by atoms with Crippen LogP contribution in [0.3, 0.4) is 0 Å². The van der Waals surface area contributed by atoms with E-state index in [1.807, 2.05) is 6.92 Å². The summed E-state index contributed by atoms with van der Waals surface area (Å²) in [5.41, 5.74) is 6.52. The molecule has 114 valence electrons. The van der Waals surface area contributed by atoms with Crippen LogP contribution in [0.4, 0.5) is 5.69 Å². The van der Waals surface area contributed by atoms with Crippen LogP contribution in [0.15, 0.2) is 17.0 Å².